The van der Waals surface area contributed by atoms with Crippen LogP contribution in [0.2, 0.25) is 0 Å². The molecule has 0 saturated carbocycles. The molecular formula is C28H36N4O8S. The lowest BCUT2D eigenvalue weighted by Crippen LogP contribution is -2.51. The molecule has 1 saturated heterocycles. The topological polar surface area (TPSA) is 144 Å². The second-order valence-electron chi connectivity index (χ2n) is 9.99. The highest BCUT2D eigenvalue weighted by atomic mass is 32.2. The molecule has 2 amide bonds. The van der Waals surface area contributed by atoms with Crippen LogP contribution in [0.25, 0.3) is 11.1 Å². The highest BCUT2D eigenvalue weighted by Gasteiger charge is 2.30. The van der Waals surface area contributed by atoms with Crippen molar-refractivity contribution in [3.8, 4) is 28.4 Å². The molecule has 1 aliphatic heterocycles. The monoisotopic (exact) mass is 588 g/mol. The summed E-state index contributed by atoms with van der Waals surface area (Å²) in [6, 6.07) is 6.31. The summed E-state index contributed by atoms with van der Waals surface area (Å²) >= 11 is 0. The van der Waals surface area contributed by atoms with Gasteiger partial charge in [-0.05, 0) is 47.7 Å². The number of carbonyl (C=O) groups excluding carboxylic acids is 2. The third-order valence-electron chi connectivity index (χ3n) is 7.41. The third kappa shape index (κ3) is 6.41. The average Bonchev–Trinajstić information content (AvgIpc) is 3.18. The summed E-state index contributed by atoms with van der Waals surface area (Å²) in [6.07, 6.45) is 2.26. The quantitative estimate of drug-likeness (QED) is 0.467. The van der Waals surface area contributed by atoms with Crippen molar-refractivity contribution in [3.63, 3.8) is 0 Å². The number of benzene rings is 1. The molecule has 0 bridgehead atoms. The van der Waals surface area contributed by atoms with Crippen molar-refractivity contribution in [2.24, 2.45) is 0 Å². The van der Waals surface area contributed by atoms with Gasteiger partial charge in [0.25, 0.3) is 0 Å². The van der Waals surface area contributed by atoms with E-state index in [0.717, 1.165) is 17.4 Å². The Morgan fingerprint density at radius 1 is 1.00 bits per heavy atom. The minimum Gasteiger partial charge on any atom is -0.493 e. The van der Waals surface area contributed by atoms with E-state index in [-0.39, 0.29) is 55.7 Å². The van der Waals surface area contributed by atoms with Crippen LogP contribution in [0.3, 0.4) is 0 Å². The fourth-order valence-corrected chi connectivity index (χ4v) is 6.23. The second kappa shape index (κ2) is 12.4. The molecule has 4 rings (SSSR count). The van der Waals surface area contributed by atoms with Crippen molar-refractivity contribution in [3.05, 3.63) is 45.6 Å². The van der Waals surface area contributed by atoms with Gasteiger partial charge in [-0.3, -0.25) is 14.4 Å². The summed E-state index contributed by atoms with van der Waals surface area (Å²) in [6.45, 7) is 2.29. The molecule has 222 valence electrons. The first kappa shape index (κ1) is 30.1. The Kier molecular flexibility index (Phi) is 9.08. The highest BCUT2D eigenvalue weighted by Crippen LogP contribution is 2.50. The van der Waals surface area contributed by atoms with Gasteiger partial charge in [0.15, 0.2) is 11.5 Å². The zero-order chi connectivity index (χ0) is 29.9. The zero-order valence-electron chi connectivity index (χ0n) is 23.9. The predicted octanol–water partition coefficient (Wildman–Crippen LogP) is 1.38. The number of aryl methyl sites for hydroxylation is 1. The Morgan fingerprint density at radius 3 is 2.27 bits per heavy atom. The summed E-state index contributed by atoms with van der Waals surface area (Å²) in [5, 5.41) is 5.93. The number of fused-ring (bicyclic) bond motifs is 3. The molecule has 2 aromatic rings. The summed E-state index contributed by atoms with van der Waals surface area (Å²) in [5.41, 5.74) is 2.80. The van der Waals surface area contributed by atoms with E-state index in [0.29, 0.717) is 41.2 Å². The average molecular weight is 589 g/mol. The molecule has 12 nitrogen and oxygen atoms in total. The summed E-state index contributed by atoms with van der Waals surface area (Å²) < 4.78 is 41.8. The van der Waals surface area contributed by atoms with Crippen molar-refractivity contribution >= 4 is 27.5 Å². The van der Waals surface area contributed by atoms with Gasteiger partial charge in [-0.1, -0.05) is 6.07 Å². The second-order valence-corrected chi connectivity index (χ2v) is 12.0. The number of ether oxygens (including phenoxy) is 3. The van der Waals surface area contributed by atoms with Gasteiger partial charge in [-0.2, -0.15) is 4.31 Å². The molecule has 0 radical (unpaired) electrons. The summed E-state index contributed by atoms with van der Waals surface area (Å²) in [4.78, 5) is 40.0. The lowest BCUT2D eigenvalue weighted by atomic mass is 9.95. The molecule has 13 heteroatoms. The number of carbonyl (C=O) groups is 2. The lowest BCUT2D eigenvalue weighted by molar-refractivity contribution is -0.130. The molecule has 2 N–H and O–H groups in total. The van der Waals surface area contributed by atoms with Crippen LogP contribution in [-0.4, -0.2) is 89.7 Å². The van der Waals surface area contributed by atoms with E-state index in [1.807, 2.05) is 6.07 Å². The van der Waals surface area contributed by atoms with Gasteiger partial charge >= 0.3 is 0 Å². The summed E-state index contributed by atoms with van der Waals surface area (Å²) in [7, 11) is 1.28. The predicted molar refractivity (Wildman–Crippen MR) is 154 cm³/mol. The minimum absolute atomic E-state index is 0.136. The molecule has 2 aliphatic rings. The zero-order valence-corrected chi connectivity index (χ0v) is 24.7. The van der Waals surface area contributed by atoms with Crippen molar-refractivity contribution in [2.45, 2.75) is 25.8 Å². The normalized spacial score (nSPS) is 17.0. The Hall–Kier alpha value is -3.84. The van der Waals surface area contributed by atoms with E-state index in [1.54, 1.807) is 24.1 Å². The standard InChI is InChI=1S/C28H36N4O8S/c1-17(33)30-21-8-6-18-14-24(38-2)27(39-3)28(40-4)26(18)19-7-9-22(23(34)15-20(19)21)29-16-25(35)31-10-12-32(13-11-31)41(5,36)37/h7,9,14-15,21H,6,8,10-13,16H2,1-5H3,(H,29,34)(H,30,33). The molecular weight excluding hydrogens is 552 g/mol. The van der Waals surface area contributed by atoms with E-state index >= 15 is 0 Å². The number of amides is 2. The van der Waals surface area contributed by atoms with E-state index in [9.17, 15) is 22.8 Å². The molecule has 1 unspecified atom stereocenters. The van der Waals surface area contributed by atoms with Gasteiger partial charge < -0.3 is 29.7 Å². The largest absolute Gasteiger partial charge is 0.493 e. The van der Waals surface area contributed by atoms with E-state index in [2.05, 4.69) is 10.6 Å². The Labute approximate surface area is 239 Å². The Bertz CT molecular complexity index is 1500. The van der Waals surface area contributed by atoms with E-state index in [1.165, 1.54) is 31.5 Å². The van der Waals surface area contributed by atoms with Crippen molar-refractivity contribution in [2.75, 3.05) is 65.6 Å². The first-order valence-corrected chi connectivity index (χ1v) is 15.1. The number of nitrogens with zero attached hydrogens (tertiary/aromatic N) is 2. The van der Waals surface area contributed by atoms with Crippen LogP contribution in [-0.2, 0) is 26.0 Å². The van der Waals surface area contributed by atoms with Gasteiger partial charge in [0.2, 0.25) is 33.0 Å². The summed E-state index contributed by atoms with van der Waals surface area (Å²) in [5.74, 6) is 0.888. The number of piperazine rings is 1. The van der Waals surface area contributed by atoms with Crippen LogP contribution in [0, 0.1) is 0 Å². The van der Waals surface area contributed by atoms with Crippen LogP contribution < -0.4 is 30.3 Å². The minimum atomic E-state index is -3.31. The third-order valence-corrected chi connectivity index (χ3v) is 8.71. The molecule has 0 spiro atoms. The number of nitrogens with one attached hydrogen (secondary N) is 2. The highest BCUT2D eigenvalue weighted by molar-refractivity contribution is 7.88. The maximum absolute atomic E-state index is 13.4. The fraction of sp³-hybridized carbons (Fsp3) is 0.464. The van der Waals surface area contributed by atoms with Gasteiger partial charge in [0, 0.05) is 38.7 Å². The number of methoxy groups -OCH3 is 3. The number of hydrogen-bond acceptors (Lipinski definition) is 9. The van der Waals surface area contributed by atoms with E-state index < -0.39 is 16.1 Å². The van der Waals surface area contributed by atoms with Gasteiger partial charge in [0.05, 0.1) is 45.9 Å². The molecule has 1 heterocycles. The molecule has 1 aliphatic carbocycles. The van der Waals surface area contributed by atoms with Gasteiger partial charge in [0.1, 0.15) is 0 Å². The van der Waals surface area contributed by atoms with Crippen LogP contribution in [0.15, 0.2) is 29.1 Å². The number of sulfonamides is 1. The molecule has 41 heavy (non-hydrogen) atoms. The van der Waals surface area contributed by atoms with Gasteiger partial charge in [-0.25, -0.2) is 8.42 Å². The van der Waals surface area contributed by atoms with Crippen molar-refractivity contribution in [1.82, 2.24) is 14.5 Å². The van der Waals surface area contributed by atoms with Gasteiger partial charge in [-0.15, -0.1) is 0 Å². The van der Waals surface area contributed by atoms with Crippen LogP contribution >= 0.6 is 0 Å². The maximum atomic E-state index is 13.4. The molecule has 1 atom stereocenters. The number of rotatable bonds is 8. The fourth-order valence-electron chi connectivity index (χ4n) is 5.41. The Balaban J connectivity index is 1.70. The first-order chi connectivity index (χ1) is 19.5. The van der Waals surface area contributed by atoms with E-state index in [4.69, 9.17) is 14.2 Å². The van der Waals surface area contributed by atoms with Crippen molar-refractivity contribution < 1.29 is 32.2 Å². The van der Waals surface area contributed by atoms with Crippen LogP contribution in [0.1, 0.15) is 30.5 Å². The van der Waals surface area contributed by atoms with Crippen LogP contribution in [0.4, 0.5) is 5.69 Å². The molecule has 2 aromatic carbocycles. The number of anilines is 1. The van der Waals surface area contributed by atoms with Crippen molar-refractivity contribution in [1.29, 1.82) is 0 Å². The molecule has 1 fully saturated rings. The first-order valence-electron chi connectivity index (χ1n) is 13.2. The lowest BCUT2D eigenvalue weighted by Gasteiger charge is -2.33. The SMILES string of the molecule is COc1cc2c(c(OC)c1OC)-c1ccc(NCC(=O)N3CCN(S(C)(=O)=O)CC3)c(=O)cc1C(NC(C)=O)CC2. The van der Waals surface area contributed by atoms with Crippen LogP contribution in [0.5, 0.6) is 17.2 Å². The number of hydrogen-bond donors (Lipinski definition) is 2. The molecule has 0 aromatic heterocycles. The maximum Gasteiger partial charge on any atom is 0.241 e. The Morgan fingerprint density at radius 2 is 1.68 bits per heavy atom. The smallest absolute Gasteiger partial charge is 0.241 e.